The molecule has 5 N–H and O–H groups in total. The van der Waals surface area contributed by atoms with Crippen molar-refractivity contribution in [2.45, 2.75) is 193 Å². The van der Waals surface area contributed by atoms with E-state index >= 15 is 0 Å². The van der Waals surface area contributed by atoms with Crippen LogP contribution >= 0.6 is 7.82 Å². The summed E-state index contributed by atoms with van der Waals surface area (Å²) < 4.78 is 22.0. The normalized spacial score (nSPS) is 14.6. The van der Waals surface area contributed by atoms with Gasteiger partial charge in [-0.15, -0.1) is 0 Å². The number of carbonyl (C=O) groups excluding carboxylic acids is 1. The molecule has 0 saturated heterocycles. The van der Waals surface area contributed by atoms with Crippen molar-refractivity contribution in [2.24, 2.45) is 5.73 Å². The molecule has 0 saturated carbocycles. The van der Waals surface area contributed by atoms with E-state index in [1.165, 1.54) is 116 Å². The van der Waals surface area contributed by atoms with Gasteiger partial charge in [-0.2, -0.15) is 0 Å². The van der Waals surface area contributed by atoms with Gasteiger partial charge < -0.3 is 21.1 Å². The molecule has 0 aromatic heterocycles. The molecule has 0 fully saturated rings. The Morgan fingerprint density at radius 2 is 1.08 bits per heavy atom. The molecule has 1 amide bonds. The fraction of sp³-hybridized carbons (Fsp3) is 0.825. The molecule has 3 unspecified atom stereocenters. The molecule has 0 aliphatic heterocycles. The van der Waals surface area contributed by atoms with Crippen LogP contribution in [0.1, 0.15) is 181 Å². The molecule has 0 radical (unpaired) electrons. The summed E-state index contributed by atoms with van der Waals surface area (Å²) in [6.45, 7) is 4.08. The number of aliphatic hydroxyl groups excluding tert-OH is 1. The van der Waals surface area contributed by atoms with Crippen LogP contribution in [0.15, 0.2) is 36.5 Å². The zero-order valence-electron chi connectivity index (χ0n) is 31.7. The Balaban J connectivity index is 4.34. The Kier molecular flexibility index (Phi) is 35.6. The predicted octanol–water partition coefficient (Wildman–Crippen LogP) is 10.8. The minimum Gasteiger partial charge on any atom is -0.387 e. The summed E-state index contributed by atoms with van der Waals surface area (Å²) in [6, 6.07) is -0.878. The Labute approximate surface area is 301 Å². The number of hydrogen-bond donors (Lipinski definition) is 4. The fourth-order valence-electron chi connectivity index (χ4n) is 5.63. The zero-order valence-corrected chi connectivity index (χ0v) is 32.6. The van der Waals surface area contributed by atoms with Gasteiger partial charge in [0.25, 0.3) is 0 Å². The van der Waals surface area contributed by atoms with E-state index in [4.69, 9.17) is 14.8 Å². The van der Waals surface area contributed by atoms with Crippen molar-refractivity contribution in [3.63, 3.8) is 0 Å². The molecule has 0 aromatic rings. The number of allylic oxidation sites excluding steroid dienone is 5. The molecule has 0 rings (SSSR count). The van der Waals surface area contributed by atoms with Gasteiger partial charge in [-0.1, -0.05) is 166 Å². The third kappa shape index (κ3) is 34.9. The van der Waals surface area contributed by atoms with Gasteiger partial charge in [0.1, 0.15) is 0 Å². The second-order valence-electron chi connectivity index (χ2n) is 13.5. The number of aliphatic hydroxyl groups is 1. The summed E-state index contributed by atoms with van der Waals surface area (Å²) in [5.74, 6) is -0.210. The number of phosphoric ester groups is 1. The van der Waals surface area contributed by atoms with Gasteiger partial charge in [0.2, 0.25) is 5.91 Å². The van der Waals surface area contributed by atoms with Crippen molar-refractivity contribution in [2.75, 3.05) is 19.8 Å². The molecule has 0 bridgehead atoms. The molecule has 9 heteroatoms. The number of nitrogens with one attached hydrogen (secondary N) is 1. The summed E-state index contributed by atoms with van der Waals surface area (Å²) in [5.41, 5.74) is 5.35. The zero-order chi connectivity index (χ0) is 36.1. The number of nitrogens with two attached hydrogens (primary N) is 1. The van der Waals surface area contributed by atoms with E-state index in [1.54, 1.807) is 6.08 Å². The first-order valence-electron chi connectivity index (χ1n) is 20.1. The standard InChI is InChI=1S/C40H77N2O6P/c1-3-5-7-9-11-13-15-16-17-18-19-20-21-22-24-25-27-29-31-33-39(43)38(37-48-49(45,46)47-36-35-41)42-40(44)34-32-30-28-26-23-14-12-10-8-6-4-2/h19-20,24-25,31,33,38-39,43H,3-18,21-23,26-30,32,34-37,41H2,1-2H3,(H,42,44)(H,45,46)/b20-19+,25-24+,33-31+. The van der Waals surface area contributed by atoms with Crippen LogP contribution in [0.3, 0.4) is 0 Å². The molecular weight excluding hydrogens is 635 g/mol. The van der Waals surface area contributed by atoms with Gasteiger partial charge in [0.05, 0.1) is 25.4 Å². The van der Waals surface area contributed by atoms with Crippen molar-refractivity contribution in [3.05, 3.63) is 36.5 Å². The van der Waals surface area contributed by atoms with Crippen LogP contribution in [-0.2, 0) is 18.4 Å². The highest BCUT2D eigenvalue weighted by atomic mass is 31.2. The summed E-state index contributed by atoms with van der Waals surface area (Å²) in [4.78, 5) is 22.6. The van der Waals surface area contributed by atoms with E-state index in [0.29, 0.717) is 6.42 Å². The Morgan fingerprint density at radius 3 is 1.57 bits per heavy atom. The lowest BCUT2D eigenvalue weighted by atomic mass is 10.0. The summed E-state index contributed by atoms with van der Waals surface area (Å²) in [5, 5.41) is 13.6. The SMILES string of the molecule is CCCCCCCCCCC/C=C/CC/C=C/CC/C=C/C(O)C(COP(=O)(O)OCCN)NC(=O)CCCCCCCCCCCCC. The van der Waals surface area contributed by atoms with Gasteiger partial charge in [-0.05, 0) is 44.9 Å². The average molecular weight is 713 g/mol. The van der Waals surface area contributed by atoms with Gasteiger partial charge in [0.15, 0.2) is 0 Å². The lowest BCUT2D eigenvalue weighted by Gasteiger charge is -2.23. The highest BCUT2D eigenvalue weighted by Crippen LogP contribution is 2.43. The van der Waals surface area contributed by atoms with Gasteiger partial charge >= 0.3 is 7.82 Å². The molecular formula is C40H77N2O6P. The van der Waals surface area contributed by atoms with Crippen molar-refractivity contribution < 1.29 is 28.4 Å². The third-order valence-corrected chi connectivity index (χ3v) is 9.68. The molecule has 0 aliphatic rings. The summed E-state index contributed by atoms with van der Waals surface area (Å²) in [6.07, 6.45) is 41.9. The van der Waals surface area contributed by atoms with E-state index < -0.39 is 20.0 Å². The van der Waals surface area contributed by atoms with Gasteiger partial charge in [-0.25, -0.2) is 4.57 Å². The second-order valence-corrected chi connectivity index (χ2v) is 14.9. The van der Waals surface area contributed by atoms with Crippen molar-refractivity contribution in [3.8, 4) is 0 Å². The minimum atomic E-state index is -4.34. The van der Waals surface area contributed by atoms with Crippen molar-refractivity contribution in [1.29, 1.82) is 0 Å². The molecule has 0 aromatic carbocycles. The van der Waals surface area contributed by atoms with E-state index in [0.717, 1.165) is 44.9 Å². The number of carbonyl (C=O) groups is 1. The maximum Gasteiger partial charge on any atom is 0.472 e. The van der Waals surface area contributed by atoms with Crippen LogP contribution in [0, 0.1) is 0 Å². The monoisotopic (exact) mass is 713 g/mol. The molecule has 0 spiro atoms. The Bertz CT molecular complexity index is 866. The third-order valence-electron chi connectivity index (χ3n) is 8.70. The second kappa shape index (κ2) is 36.5. The van der Waals surface area contributed by atoms with Crippen LogP contribution in [0.25, 0.3) is 0 Å². The lowest BCUT2D eigenvalue weighted by molar-refractivity contribution is -0.123. The maximum atomic E-state index is 12.7. The first-order valence-corrected chi connectivity index (χ1v) is 21.6. The Hall–Kier alpha value is -1.28. The molecule has 0 heterocycles. The van der Waals surface area contributed by atoms with Crippen LogP contribution in [-0.4, -0.2) is 47.8 Å². The number of hydrogen-bond acceptors (Lipinski definition) is 6. The average Bonchev–Trinajstić information content (AvgIpc) is 3.09. The van der Waals surface area contributed by atoms with Crippen molar-refractivity contribution >= 4 is 13.7 Å². The molecule has 288 valence electrons. The highest BCUT2D eigenvalue weighted by molar-refractivity contribution is 7.47. The first-order chi connectivity index (χ1) is 23.9. The summed E-state index contributed by atoms with van der Waals surface area (Å²) in [7, 11) is -4.34. The van der Waals surface area contributed by atoms with Gasteiger partial charge in [-0.3, -0.25) is 13.8 Å². The first kappa shape index (κ1) is 47.7. The highest BCUT2D eigenvalue weighted by Gasteiger charge is 2.26. The van der Waals surface area contributed by atoms with Crippen molar-refractivity contribution in [1.82, 2.24) is 5.32 Å². The van der Waals surface area contributed by atoms with Gasteiger partial charge in [0, 0.05) is 13.0 Å². The van der Waals surface area contributed by atoms with Crippen LogP contribution in [0.4, 0.5) is 0 Å². The fourth-order valence-corrected chi connectivity index (χ4v) is 6.39. The van der Waals surface area contributed by atoms with Crippen LogP contribution < -0.4 is 11.1 Å². The minimum absolute atomic E-state index is 0.0724. The van der Waals surface area contributed by atoms with E-state index in [2.05, 4.69) is 43.5 Å². The van der Waals surface area contributed by atoms with E-state index in [1.807, 2.05) is 6.08 Å². The lowest BCUT2D eigenvalue weighted by Crippen LogP contribution is -2.45. The Morgan fingerprint density at radius 1 is 0.653 bits per heavy atom. The molecule has 0 aliphatic carbocycles. The number of phosphoric acid groups is 1. The number of rotatable bonds is 37. The number of unbranched alkanes of at least 4 members (excludes halogenated alkanes) is 21. The molecule has 49 heavy (non-hydrogen) atoms. The molecule has 8 nitrogen and oxygen atoms in total. The predicted molar refractivity (Wildman–Crippen MR) is 208 cm³/mol. The van der Waals surface area contributed by atoms with E-state index in [-0.39, 0.29) is 25.7 Å². The number of amides is 1. The smallest absolute Gasteiger partial charge is 0.387 e. The quantitative estimate of drug-likeness (QED) is 0.0286. The molecule has 3 atom stereocenters. The van der Waals surface area contributed by atoms with Crippen LogP contribution in [0.5, 0.6) is 0 Å². The maximum absolute atomic E-state index is 12.7. The van der Waals surface area contributed by atoms with E-state index in [9.17, 15) is 19.4 Å². The topological polar surface area (TPSA) is 131 Å². The van der Waals surface area contributed by atoms with Crippen LogP contribution in [0.2, 0.25) is 0 Å². The summed E-state index contributed by atoms with van der Waals surface area (Å²) >= 11 is 0. The largest absolute Gasteiger partial charge is 0.472 e.